The van der Waals surface area contributed by atoms with Crippen LogP contribution in [0.25, 0.3) is 0 Å². The van der Waals surface area contributed by atoms with E-state index in [2.05, 4.69) is 148 Å². The van der Waals surface area contributed by atoms with Crippen LogP contribution in [0, 0.1) is 0 Å². The SMILES string of the molecule is CC/C=C/C/C=C/C/C=C/C/C=C/C/C=C/C/C=C/CCCCCC(=O)OCC(COCCC(C(=O)O)[N+](C)(C)C)OC(=O)CC/C=C/C/C=C/C/C=C/C/C=C/C/C=C/C/C=C/CC. The van der Waals surface area contributed by atoms with Crippen LogP contribution in [-0.4, -0.2) is 80.6 Å². The molecular weight excluding hydrogens is 811 g/mol. The monoisotopic (exact) mass is 899 g/mol. The maximum atomic E-state index is 12.7. The number of nitrogens with zero attached hydrogens (tertiary/aromatic N) is 1. The molecular formula is C57H88NO7+. The van der Waals surface area contributed by atoms with Gasteiger partial charge in [-0.2, -0.15) is 0 Å². The lowest BCUT2D eigenvalue weighted by molar-refractivity contribution is -0.887. The molecule has 0 aromatic carbocycles. The lowest BCUT2D eigenvalue weighted by Crippen LogP contribution is -2.50. The Morgan fingerprint density at radius 3 is 1.23 bits per heavy atom. The summed E-state index contributed by atoms with van der Waals surface area (Å²) in [6.45, 7) is 4.36. The maximum absolute atomic E-state index is 12.7. The third kappa shape index (κ3) is 44.2. The molecule has 0 spiro atoms. The van der Waals surface area contributed by atoms with Gasteiger partial charge in [-0.05, 0) is 103 Å². The molecule has 0 aromatic heterocycles. The molecule has 1 N–H and O–H groups in total. The average molecular weight is 899 g/mol. The Morgan fingerprint density at radius 2 is 0.846 bits per heavy atom. The fourth-order valence-electron chi connectivity index (χ4n) is 6.06. The number of carbonyl (C=O) groups excluding carboxylic acids is 2. The highest BCUT2D eigenvalue weighted by Gasteiger charge is 2.31. The van der Waals surface area contributed by atoms with Crippen molar-refractivity contribution in [3.8, 4) is 0 Å². The Kier molecular flexibility index (Phi) is 42.4. The highest BCUT2D eigenvalue weighted by Crippen LogP contribution is 2.11. The summed E-state index contributed by atoms with van der Waals surface area (Å²) in [6, 6.07) is -0.644. The Balaban J connectivity index is 4.50. The zero-order valence-electron chi connectivity index (χ0n) is 41.1. The topological polar surface area (TPSA) is 99.1 Å². The van der Waals surface area contributed by atoms with Crippen molar-refractivity contribution in [1.29, 1.82) is 0 Å². The molecule has 0 saturated carbocycles. The first-order chi connectivity index (χ1) is 31.6. The fraction of sp³-hybridized carbons (Fsp3) is 0.526. The number of carbonyl (C=O) groups is 3. The standard InChI is InChI=1S/C57H87NO7/c1-6-8-10-12-14-16-18-20-22-24-26-27-28-30-31-33-35-37-39-41-43-45-47-55(59)64-52-53(51-63-50-49-54(57(61)62)58(3,4)5)65-56(60)48-46-44-42-40-38-36-34-32-29-25-23-21-19-17-15-13-11-9-7-2/h8-11,14-17,20-23,26-27,29-32,35-38,42,44,53-54H,6-7,12-13,18-19,24-25,28,33-34,39-41,43,45-52H2,1-5H3/p+1/b10-8+,11-9+,16-14+,17-15+,22-20+,23-21+,27-26+,31-30+,32-29+,37-35+,38-36+,44-42+. The van der Waals surface area contributed by atoms with Crippen molar-refractivity contribution in [3.05, 3.63) is 146 Å². The van der Waals surface area contributed by atoms with Crippen LogP contribution in [-0.2, 0) is 28.6 Å². The van der Waals surface area contributed by atoms with Gasteiger partial charge < -0.3 is 23.8 Å². The number of hydrogen-bond acceptors (Lipinski definition) is 6. The number of aliphatic carboxylic acids is 1. The summed E-state index contributed by atoms with van der Waals surface area (Å²) in [6.07, 6.45) is 67.7. The minimum absolute atomic E-state index is 0.00830. The largest absolute Gasteiger partial charge is 0.477 e. The first-order valence-corrected chi connectivity index (χ1v) is 24.4. The number of quaternary nitrogens is 1. The fourth-order valence-corrected chi connectivity index (χ4v) is 6.06. The summed E-state index contributed by atoms with van der Waals surface area (Å²) in [4.78, 5) is 37.1. The minimum Gasteiger partial charge on any atom is -0.477 e. The molecule has 0 rings (SSSR count). The molecule has 0 aromatic rings. The third-order valence-electron chi connectivity index (χ3n) is 9.75. The van der Waals surface area contributed by atoms with E-state index in [0.29, 0.717) is 12.8 Å². The van der Waals surface area contributed by atoms with Crippen LogP contribution >= 0.6 is 0 Å². The summed E-state index contributed by atoms with van der Waals surface area (Å²) >= 11 is 0. The number of unbranched alkanes of at least 4 members (excludes halogenated alkanes) is 3. The van der Waals surface area contributed by atoms with Gasteiger partial charge in [-0.25, -0.2) is 4.79 Å². The number of esters is 2. The highest BCUT2D eigenvalue weighted by molar-refractivity contribution is 5.72. The lowest BCUT2D eigenvalue weighted by Gasteiger charge is -2.31. The maximum Gasteiger partial charge on any atom is 0.362 e. The molecule has 0 amide bonds. The molecule has 0 aliphatic heterocycles. The molecule has 362 valence electrons. The Morgan fingerprint density at radius 1 is 0.462 bits per heavy atom. The second kappa shape index (κ2) is 45.8. The molecule has 0 bridgehead atoms. The molecule has 8 nitrogen and oxygen atoms in total. The van der Waals surface area contributed by atoms with Gasteiger partial charge in [0.15, 0.2) is 12.1 Å². The van der Waals surface area contributed by atoms with E-state index in [1.807, 2.05) is 33.3 Å². The van der Waals surface area contributed by atoms with Crippen LogP contribution in [0.1, 0.15) is 142 Å². The first kappa shape index (κ1) is 60.2. The number of hydrogen-bond donors (Lipinski definition) is 1. The van der Waals surface area contributed by atoms with Gasteiger partial charge in [0.05, 0.1) is 34.4 Å². The zero-order valence-corrected chi connectivity index (χ0v) is 41.1. The van der Waals surface area contributed by atoms with Crippen LogP contribution < -0.4 is 0 Å². The lowest BCUT2D eigenvalue weighted by atomic mass is 10.1. The molecule has 0 heterocycles. The van der Waals surface area contributed by atoms with E-state index in [1.165, 1.54) is 0 Å². The average Bonchev–Trinajstić information content (AvgIpc) is 3.27. The summed E-state index contributed by atoms with van der Waals surface area (Å²) in [5, 5.41) is 9.64. The van der Waals surface area contributed by atoms with E-state index in [9.17, 15) is 19.5 Å². The number of likely N-dealkylation sites (N-methyl/N-ethyl adjacent to an activating group) is 1. The first-order valence-electron chi connectivity index (χ1n) is 24.4. The van der Waals surface area contributed by atoms with Gasteiger partial charge in [-0.3, -0.25) is 9.59 Å². The smallest absolute Gasteiger partial charge is 0.362 e. The van der Waals surface area contributed by atoms with E-state index in [-0.39, 0.29) is 43.1 Å². The van der Waals surface area contributed by atoms with Crippen molar-refractivity contribution in [2.75, 3.05) is 41.0 Å². The zero-order chi connectivity index (χ0) is 47.7. The molecule has 0 radical (unpaired) electrons. The van der Waals surface area contributed by atoms with Crippen LogP contribution in [0.3, 0.4) is 0 Å². The number of allylic oxidation sites excluding steroid dienone is 24. The minimum atomic E-state index is -0.898. The van der Waals surface area contributed by atoms with Gasteiger partial charge in [-0.15, -0.1) is 0 Å². The van der Waals surface area contributed by atoms with Crippen LogP contribution in [0.5, 0.6) is 0 Å². The summed E-state index contributed by atoms with van der Waals surface area (Å²) < 4.78 is 17.2. The summed E-state index contributed by atoms with van der Waals surface area (Å²) in [5.41, 5.74) is 0. The van der Waals surface area contributed by atoms with Crippen LogP contribution in [0.15, 0.2) is 146 Å². The van der Waals surface area contributed by atoms with Gasteiger partial charge in [-0.1, -0.05) is 166 Å². The van der Waals surface area contributed by atoms with Crippen molar-refractivity contribution >= 4 is 17.9 Å². The number of rotatable bonds is 41. The van der Waals surface area contributed by atoms with Crippen LogP contribution in [0.2, 0.25) is 0 Å². The molecule has 8 heteroatoms. The second-order valence-electron chi connectivity index (χ2n) is 16.6. The van der Waals surface area contributed by atoms with E-state index in [1.54, 1.807) is 0 Å². The number of ether oxygens (including phenoxy) is 3. The van der Waals surface area contributed by atoms with Gasteiger partial charge in [0.2, 0.25) is 0 Å². The normalized spacial score (nSPS) is 14.2. The highest BCUT2D eigenvalue weighted by atomic mass is 16.6. The van der Waals surface area contributed by atoms with E-state index in [0.717, 1.165) is 103 Å². The third-order valence-corrected chi connectivity index (χ3v) is 9.75. The molecule has 0 aliphatic carbocycles. The predicted octanol–water partition coefficient (Wildman–Crippen LogP) is 14.1. The van der Waals surface area contributed by atoms with Gasteiger partial charge in [0, 0.05) is 19.3 Å². The summed E-state index contributed by atoms with van der Waals surface area (Å²) in [7, 11) is 5.48. The van der Waals surface area contributed by atoms with Crippen molar-refractivity contribution in [2.24, 2.45) is 0 Å². The Labute approximate surface area is 395 Å². The second-order valence-corrected chi connectivity index (χ2v) is 16.6. The predicted molar refractivity (Wildman–Crippen MR) is 274 cm³/mol. The van der Waals surface area contributed by atoms with Crippen molar-refractivity contribution in [3.63, 3.8) is 0 Å². The molecule has 2 atom stereocenters. The van der Waals surface area contributed by atoms with Gasteiger partial charge >= 0.3 is 17.9 Å². The molecule has 0 saturated heterocycles. The molecule has 0 aliphatic rings. The summed E-state index contributed by atoms with van der Waals surface area (Å²) in [5.74, 6) is -1.64. The van der Waals surface area contributed by atoms with Crippen LogP contribution in [0.4, 0.5) is 0 Å². The Hall–Kier alpha value is -4.79. The van der Waals surface area contributed by atoms with Crippen molar-refractivity contribution < 1.29 is 38.2 Å². The molecule has 2 unspecified atom stereocenters. The quantitative estimate of drug-likeness (QED) is 0.0282. The van der Waals surface area contributed by atoms with Crippen molar-refractivity contribution in [2.45, 2.75) is 154 Å². The van der Waals surface area contributed by atoms with E-state index >= 15 is 0 Å². The van der Waals surface area contributed by atoms with E-state index in [4.69, 9.17) is 14.2 Å². The van der Waals surface area contributed by atoms with Gasteiger partial charge in [0.1, 0.15) is 6.61 Å². The number of carboxylic acids is 1. The number of carboxylic acid groups (broad SMARTS) is 1. The van der Waals surface area contributed by atoms with Gasteiger partial charge in [0.25, 0.3) is 0 Å². The van der Waals surface area contributed by atoms with E-state index < -0.39 is 24.1 Å². The van der Waals surface area contributed by atoms with Crippen molar-refractivity contribution in [1.82, 2.24) is 0 Å². The Bertz CT molecular complexity index is 1560. The molecule has 0 fully saturated rings. The molecule has 65 heavy (non-hydrogen) atoms.